The molecular formula is C108H81B2N3O4. The van der Waals surface area contributed by atoms with Crippen molar-refractivity contribution in [3.8, 4) is 84.3 Å². The Bertz CT molecular complexity index is 7320. The van der Waals surface area contributed by atoms with E-state index in [4.69, 9.17) is 18.3 Å². The topological polar surface area (TPSA) is 56.2 Å². The third kappa shape index (κ3) is 10.5. The minimum atomic E-state index is -0.483. The Morgan fingerprint density at radius 1 is 0.256 bits per heavy atom. The maximum absolute atomic E-state index is 8.39. The third-order valence-corrected chi connectivity index (χ3v) is 25.3. The van der Waals surface area contributed by atoms with Crippen molar-refractivity contribution in [2.24, 2.45) is 0 Å². The van der Waals surface area contributed by atoms with Gasteiger partial charge in [-0.25, -0.2) is 0 Å². The predicted octanol–water partition coefficient (Wildman–Crippen LogP) is 25.6. The minimum Gasteiger partial charge on any atom is -0.459 e. The predicted molar refractivity (Wildman–Crippen MR) is 490 cm³/mol. The molecule has 4 aliphatic rings. The fourth-order valence-electron chi connectivity index (χ4n) is 19.5. The lowest BCUT2D eigenvalue weighted by Crippen LogP contribution is -2.65. The third-order valence-electron chi connectivity index (χ3n) is 25.3. The average molecular weight is 1510 g/mol. The van der Waals surface area contributed by atoms with E-state index in [1.807, 2.05) is 0 Å². The van der Waals surface area contributed by atoms with Crippen LogP contribution in [0.15, 0.2) is 336 Å². The summed E-state index contributed by atoms with van der Waals surface area (Å²) in [6, 6.07) is 121. The zero-order valence-corrected chi connectivity index (χ0v) is 66.8. The number of rotatable bonds is 8. The molecule has 19 aromatic rings. The van der Waals surface area contributed by atoms with Crippen molar-refractivity contribution in [3.63, 3.8) is 0 Å². The van der Waals surface area contributed by atoms with Crippen LogP contribution in [0.5, 0.6) is 23.0 Å². The minimum absolute atomic E-state index is 0.113. The van der Waals surface area contributed by atoms with Crippen molar-refractivity contribution in [3.05, 3.63) is 344 Å². The summed E-state index contributed by atoms with van der Waals surface area (Å²) < 4.78 is 34.3. The number of ether oxygens (including phenoxy) is 2. The van der Waals surface area contributed by atoms with Crippen LogP contribution in [0.1, 0.15) is 79.0 Å². The van der Waals surface area contributed by atoms with Gasteiger partial charge in [-0.2, -0.15) is 0 Å². The van der Waals surface area contributed by atoms with Gasteiger partial charge < -0.3 is 32.7 Å². The summed E-state index contributed by atoms with van der Waals surface area (Å²) in [6.45, 7) is 20.0. The molecule has 0 N–H and O–H groups in total. The summed E-state index contributed by atoms with van der Waals surface area (Å²) in [5.41, 5.74) is 32.2. The van der Waals surface area contributed by atoms with Gasteiger partial charge in [0, 0.05) is 77.7 Å². The quantitative estimate of drug-likeness (QED) is 0.141. The Morgan fingerprint density at radius 2 is 0.692 bits per heavy atom. The molecule has 0 fully saturated rings. The van der Waals surface area contributed by atoms with Gasteiger partial charge in [-0.15, -0.1) is 0 Å². The van der Waals surface area contributed by atoms with Crippen LogP contribution < -0.4 is 52.1 Å². The van der Waals surface area contributed by atoms with Gasteiger partial charge in [0.15, 0.2) is 11.2 Å². The largest absolute Gasteiger partial charge is 0.459 e. The first-order valence-corrected chi connectivity index (χ1v) is 41.0. The van der Waals surface area contributed by atoms with Crippen LogP contribution in [0.4, 0.5) is 34.1 Å². The van der Waals surface area contributed by atoms with Crippen LogP contribution in [-0.2, 0) is 16.2 Å². The molecule has 0 saturated carbocycles. The van der Waals surface area contributed by atoms with E-state index in [1.165, 1.54) is 21.9 Å². The SMILES string of the molecule is CC(C)(C)c1cc2c3c(c1)N(c1c(-c4ccccc4)ccc4c1oc1ccccc14)c1cc4c5c(c1B3c1ccc(-c3ccccc3)cc1N2c1c(-c2ccccc2)ccc2c1oc1ccccc12)Oc1ccc(-c2ccccc2)cc1B5c1cc(-c2ccccc2)cc(-n2c3ccc(C(C)(C)C)cc3c3cc(C(C)(C)C)ccc32)c1O4. The van der Waals surface area contributed by atoms with Crippen molar-refractivity contribution in [2.75, 3.05) is 9.80 Å². The standard InChI is InChI=1S/C108H81B2N3O4/c1-106(2,3)72-45-52-86-81(59-72)82-60-73(107(4,5)6)46-53-87(82)111(86)92-58-71(66-33-19-12-20-34-66)56-85-104(92)117-96-63-91-98(105-99(96)109(85)84-55-69(44-54-95(84)116-105)64-29-15-10-16-30-64)110-83-51-43-70(65-31-17-11-18-32-65)57-88(83)112(100-75(67-35-21-13-22-36-67)47-49-79-77-39-25-27-41-93(77)114-102(79)100)89-61-74(108(7,8)9)62-90(97(89)110)113(91)101-76(68-37-23-14-24-38-68)48-50-80-78-40-26-28-42-94(78)115-103(80)101/h10-63H,1-9H3. The molecule has 9 heteroatoms. The first-order valence-electron chi connectivity index (χ1n) is 41.0. The number of para-hydroxylation sites is 2. The highest BCUT2D eigenvalue weighted by Crippen LogP contribution is 2.57. The molecule has 23 rings (SSSR count). The van der Waals surface area contributed by atoms with E-state index in [9.17, 15) is 0 Å². The molecule has 7 nitrogen and oxygen atoms in total. The maximum Gasteiger partial charge on any atom is 0.260 e. The zero-order chi connectivity index (χ0) is 78.6. The van der Waals surface area contributed by atoms with Crippen LogP contribution in [-0.4, -0.2) is 18.0 Å². The average Bonchev–Trinajstić information content (AvgIpc) is 0.708. The fraction of sp³-hybridized carbons (Fsp3) is 0.111. The number of anilines is 6. The molecular weight excluding hydrogens is 1420 g/mol. The molecule has 117 heavy (non-hydrogen) atoms. The highest BCUT2D eigenvalue weighted by molar-refractivity contribution is 7.03. The number of hydrogen-bond donors (Lipinski definition) is 0. The van der Waals surface area contributed by atoms with Gasteiger partial charge in [0.25, 0.3) is 13.4 Å². The van der Waals surface area contributed by atoms with Crippen LogP contribution in [0.25, 0.3) is 127 Å². The summed E-state index contributed by atoms with van der Waals surface area (Å²) in [6.07, 6.45) is 0. The van der Waals surface area contributed by atoms with Gasteiger partial charge >= 0.3 is 0 Å². The van der Waals surface area contributed by atoms with Gasteiger partial charge in [-0.3, -0.25) is 0 Å². The second kappa shape index (κ2) is 25.4. The van der Waals surface area contributed by atoms with Gasteiger partial charge in [-0.05, 0) is 184 Å². The van der Waals surface area contributed by atoms with Crippen LogP contribution >= 0.6 is 0 Å². The molecule has 3 aromatic heterocycles. The Labute approximate surface area is 681 Å². The summed E-state index contributed by atoms with van der Waals surface area (Å²) in [7, 11) is 0. The Kier molecular flexibility index (Phi) is 14.9. The van der Waals surface area contributed by atoms with E-state index in [2.05, 4.69) is 404 Å². The van der Waals surface area contributed by atoms with E-state index >= 15 is 0 Å². The lowest BCUT2D eigenvalue weighted by Gasteiger charge is -2.47. The number of fused-ring (bicyclic) bond motifs is 18. The Hall–Kier alpha value is -13.8. The van der Waals surface area contributed by atoms with Crippen molar-refractivity contribution < 1.29 is 18.3 Å². The molecule has 16 aromatic carbocycles. The van der Waals surface area contributed by atoms with Crippen molar-refractivity contribution in [1.82, 2.24) is 4.57 Å². The van der Waals surface area contributed by atoms with Crippen molar-refractivity contribution >= 4 is 146 Å². The molecule has 0 bridgehead atoms. The normalized spacial score (nSPS) is 13.4. The lowest BCUT2D eigenvalue weighted by atomic mass is 9.30. The van der Waals surface area contributed by atoms with Crippen LogP contribution in [0.3, 0.4) is 0 Å². The molecule has 7 heterocycles. The summed E-state index contributed by atoms with van der Waals surface area (Å²) >= 11 is 0. The molecule has 0 amide bonds. The number of nitrogens with zero attached hydrogens (tertiary/aromatic N) is 3. The molecule has 0 spiro atoms. The Balaban J connectivity index is 0.895. The first kappa shape index (κ1) is 68.8. The van der Waals surface area contributed by atoms with E-state index in [-0.39, 0.29) is 10.8 Å². The number of hydrogen-bond acceptors (Lipinski definition) is 6. The van der Waals surface area contributed by atoms with E-state index in [1.54, 1.807) is 0 Å². The second-order valence-corrected chi connectivity index (χ2v) is 35.4. The first-order chi connectivity index (χ1) is 56.9. The van der Waals surface area contributed by atoms with Gasteiger partial charge in [0.1, 0.15) is 34.2 Å². The van der Waals surface area contributed by atoms with Crippen LogP contribution in [0, 0.1) is 0 Å². The van der Waals surface area contributed by atoms with E-state index < -0.39 is 18.8 Å². The number of benzene rings is 16. The molecule has 0 aliphatic carbocycles. The number of furan rings is 2. The smallest absolute Gasteiger partial charge is 0.260 e. The fourth-order valence-corrected chi connectivity index (χ4v) is 19.5. The molecule has 558 valence electrons. The van der Waals surface area contributed by atoms with Gasteiger partial charge in [-0.1, -0.05) is 305 Å². The molecule has 0 saturated heterocycles. The van der Waals surface area contributed by atoms with Crippen molar-refractivity contribution in [1.29, 1.82) is 0 Å². The zero-order valence-electron chi connectivity index (χ0n) is 66.8. The highest BCUT2D eigenvalue weighted by Gasteiger charge is 2.52. The number of aromatic nitrogens is 1. The van der Waals surface area contributed by atoms with E-state index in [0.29, 0.717) is 5.75 Å². The molecule has 4 aliphatic heterocycles. The van der Waals surface area contributed by atoms with Gasteiger partial charge in [0.05, 0.1) is 28.1 Å². The van der Waals surface area contributed by atoms with E-state index in [0.717, 1.165) is 206 Å². The highest BCUT2D eigenvalue weighted by atomic mass is 16.5. The Morgan fingerprint density at radius 3 is 1.21 bits per heavy atom. The second-order valence-electron chi connectivity index (χ2n) is 35.4. The van der Waals surface area contributed by atoms with Crippen molar-refractivity contribution in [2.45, 2.75) is 78.6 Å². The summed E-state index contributed by atoms with van der Waals surface area (Å²) in [5.74, 6) is 3.02. The monoisotopic (exact) mass is 1510 g/mol. The van der Waals surface area contributed by atoms with Crippen LogP contribution in [0.2, 0.25) is 0 Å². The summed E-state index contributed by atoms with van der Waals surface area (Å²) in [5, 5.41) is 6.52. The van der Waals surface area contributed by atoms with Gasteiger partial charge in [0.2, 0.25) is 0 Å². The lowest BCUT2D eigenvalue weighted by molar-refractivity contribution is 0.466. The molecule has 0 atom stereocenters. The summed E-state index contributed by atoms with van der Waals surface area (Å²) in [4.78, 5) is 5.16. The molecule has 0 unspecified atom stereocenters. The molecule has 0 radical (unpaired) electrons. The maximum atomic E-state index is 8.39.